The summed E-state index contributed by atoms with van der Waals surface area (Å²) in [6.45, 7) is 2.14. The van der Waals surface area contributed by atoms with Crippen LogP contribution in [0.15, 0.2) is 77.3 Å². The maximum atomic E-state index is 9.92. The third-order valence-electron chi connectivity index (χ3n) is 9.62. The van der Waals surface area contributed by atoms with Crippen molar-refractivity contribution in [1.29, 1.82) is 5.26 Å². The lowest BCUT2D eigenvalue weighted by atomic mass is 9.66. The fourth-order valence-electron chi connectivity index (χ4n) is 7.53. The Bertz CT molecular complexity index is 1740. The van der Waals surface area contributed by atoms with Crippen LogP contribution in [-0.4, -0.2) is 0 Å². The molecular formula is C36H35N2O+. The topological polar surface area (TPSA) is 40.8 Å². The summed E-state index contributed by atoms with van der Waals surface area (Å²) >= 11 is 0. The molecule has 0 amide bonds. The molecule has 2 saturated carbocycles. The molecule has 3 aromatic carbocycles. The number of hydrogen-bond acceptors (Lipinski definition) is 2. The average Bonchev–Trinajstić information content (AvgIpc) is 3.35. The molecule has 0 N–H and O–H groups in total. The number of furan rings is 1. The van der Waals surface area contributed by atoms with Crippen LogP contribution in [0.3, 0.4) is 0 Å². The normalized spacial score (nSPS) is 21.1. The second kappa shape index (κ2) is 9.69. The molecule has 3 atom stereocenters. The number of benzene rings is 3. The van der Waals surface area contributed by atoms with E-state index in [-0.39, 0.29) is 0 Å². The Morgan fingerprint density at radius 2 is 1.67 bits per heavy atom. The highest BCUT2D eigenvalue weighted by Gasteiger charge is 2.32. The van der Waals surface area contributed by atoms with Gasteiger partial charge in [-0.15, -0.1) is 0 Å². The fourth-order valence-corrected chi connectivity index (χ4v) is 7.53. The van der Waals surface area contributed by atoms with E-state index in [1.54, 1.807) is 0 Å². The predicted molar refractivity (Wildman–Crippen MR) is 157 cm³/mol. The van der Waals surface area contributed by atoms with E-state index in [1.165, 1.54) is 56.1 Å². The lowest BCUT2D eigenvalue weighted by Gasteiger charge is -2.39. The first kappa shape index (κ1) is 24.2. The number of aromatic nitrogens is 1. The summed E-state index contributed by atoms with van der Waals surface area (Å²) in [5.74, 6) is 2.56. The Kier molecular flexibility index (Phi) is 6.00. The smallest absolute Gasteiger partial charge is 0.216 e. The van der Waals surface area contributed by atoms with Crippen molar-refractivity contribution >= 4 is 21.9 Å². The Balaban J connectivity index is 1.33. The first-order valence-electron chi connectivity index (χ1n) is 14.6. The van der Waals surface area contributed by atoms with Crippen molar-refractivity contribution in [3.63, 3.8) is 0 Å². The average molecular weight is 512 g/mol. The highest BCUT2D eigenvalue weighted by atomic mass is 16.3. The van der Waals surface area contributed by atoms with Crippen LogP contribution in [0.4, 0.5) is 0 Å². The van der Waals surface area contributed by atoms with Gasteiger partial charge in [0.2, 0.25) is 5.69 Å². The second-order valence-corrected chi connectivity index (χ2v) is 11.9. The fraction of sp³-hybridized carbons (Fsp3) is 0.333. The molecule has 3 heteroatoms. The third-order valence-corrected chi connectivity index (χ3v) is 9.62. The number of fused-ring (bicyclic) bond motifs is 4. The maximum Gasteiger partial charge on any atom is 0.216 e. The zero-order valence-corrected chi connectivity index (χ0v) is 22.9. The summed E-state index contributed by atoms with van der Waals surface area (Å²) in [6.07, 6.45) is 11.8. The van der Waals surface area contributed by atoms with E-state index in [0.717, 1.165) is 56.2 Å². The van der Waals surface area contributed by atoms with Crippen molar-refractivity contribution < 1.29 is 8.98 Å². The lowest BCUT2D eigenvalue weighted by molar-refractivity contribution is -0.660. The summed E-state index contributed by atoms with van der Waals surface area (Å²) in [6, 6.07) is 26.1. The van der Waals surface area contributed by atoms with Gasteiger partial charge in [-0.25, -0.2) is 4.57 Å². The molecule has 2 fully saturated rings. The highest BCUT2D eigenvalue weighted by molar-refractivity contribution is 6.13. The first-order valence-corrected chi connectivity index (χ1v) is 14.6. The molecule has 2 heterocycles. The van der Waals surface area contributed by atoms with Crippen LogP contribution in [0.5, 0.6) is 0 Å². The van der Waals surface area contributed by atoms with Crippen molar-refractivity contribution in [3.8, 4) is 28.5 Å². The number of aryl methyl sites for hydroxylation is 2. The van der Waals surface area contributed by atoms with Crippen LogP contribution in [-0.2, 0) is 7.05 Å². The van der Waals surface area contributed by atoms with Gasteiger partial charge < -0.3 is 4.42 Å². The maximum absolute atomic E-state index is 9.92. The summed E-state index contributed by atoms with van der Waals surface area (Å²) in [5.41, 5.74) is 9.33. The molecule has 0 bridgehead atoms. The van der Waals surface area contributed by atoms with Gasteiger partial charge in [-0.05, 0) is 78.8 Å². The van der Waals surface area contributed by atoms with Gasteiger partial charge in [-0.3, -0.25) is 0 Å². The van der Waals surface area contributed by atoms with E-state index in [2.05, 4.69) is 79.3 Å². The second-order valence-electron chi connectivity index (χ2n) is 11.9. The minimum Gasteiger partial charge on any atom is -0.454 e. The van der Waals surface area contributed by atoms with Crippen LogP contribution in [0.2, 0.25) is 0 Å². The van der Waals surface area contributed by atoms with Crippen LogP contribution >= 0.6 is 0 Å². The molecule has 0 saturated heterocycles. The molecule has 39 heavy (non-hydrogen) atoms. The SMILES string of the molecule is Cc1ccc2c(oc3c(-c4ccc(C5CCC6CCCCC6C5)cc4)cc(C#N)cc32)c1-c1cccc[n+]1C. The van der Waals surface area contributed by atoms with Crippen molar-refractivity contribution in [2.75, 3.05) is 0 Å². The van der Waals surface area contributed by atoms with Gasteiger partial charge >= 0.3 is 0 Å². The summed E-state index contributed by atoms with van der Waals surface area (Å²) in [5, 5.41) is 12.0. The van der Waals surface area contributed by atoms with Gasteiger partial charge in [-0.1, -0.05) is 62.1 Å². The molecule has 3 unspecified atom stereocenters. The van der Waals surface area contributed by atoms with E-state index < -0.39 is 0 Å². The molecule has 2 aromatic heterocycles. The molecule has 2 aliphatic rings. The van der Waals surface area contributed by atoms with Crippen molar-refractivity contribution in [2.24, 2.45) is 18.9 Å². The molecule has 3 nitrogen and oxygen atoms in total. The van der Waals surface area contributed by atoms with Crippen LogP contribution in [0, 0.1) is 30.1 Å². The van der Waals surface area contributed by atoms with E-state index in [1.807, 2.05) is 18.2 Å². The standard InChI is InChI=1S/C36H35N2O/c1-23-10-17-30-32-20-24(22-37)19-31(35(32)39-36(30)34(23)33-9-5-6-18-38(33)2)27-14-11-26(12-15-27)29-16-13-25-7-3-4-8-28(25)21-29/h5-6,9-12,14-15,17-20,25,28-29H,3-4,7-8,13,16,21H2,1-2H3/q+1. The molecule has 0 radical (unpaired) electrons. The van der Waals surface area contributed by atoms with E-state index in [4.69, 9.17) is 4.42 Å². The number of nitriles is 1. The van der Waals surface area contributed by atoms with Crippen LogP contribution < -0.4 is 4.57 Å². The minimum absolute atomic E-state index is 0.660. The molecule has 194 valence electrons. The van der Waals surface area contributed by atoms with Gasteiger partial charge in [0.15, 0.2) is 6.20 Å². The van der Waals surface area contributed by atoms with E-state index in [9.17, 15) is 5.26 Å². The monoisotopic (exact) mass is 511 g/mol. The van der Waals surface area contributed by atoms with Crippen LogP contribution in [0.1, 0.15) is 67.6 Å². The van der Waals surface area contributed by atoms with Gasteiger partial charge in [-0.2, -0.15) is 5.26 Å². The third kappa shape index (κ3) is 4.14. The predicted octanol–water partition coefficient (Wildman–Crippen LogP) is 9.00. The molecule has 0 spiro atoms. The Morgan fingerprint density at radius 1 is 0.846 bits per heavy atom. The zero-order chi connectivity index (χ0) is 26.5. The summed E-state index contributed by atoms with van der Waals surface area (Å²) in [4.78, 5) is 0. The number of nitrogens with zero attached hydrogens (tertiary/aromatic N) is 2. The number of hydrogen-bond donors (Lipinski definition) is 0. The first-order chi connectivity index (χ1) is 19.1. The van der Waals surface area contributed by atoms with Gasteiger partial charge in [0.1, 0.15) is 18.2 Å². The van der Waals surface area contributed by atoms with E-state index >= 15 is 0 Å². The molecule has 7 rings (SSSR count). The molecule has 2 aliphatic carbocycles. The van der Waals surface area contributed by atoms with Gasteiger partial charge in [0.25, 0.3) is 0 Å². The quantitative estimate of drug-likeness (QED) is 0.227. The minimum atomic E-state index is 0.660. The number of rotatable bonds is 3. The Morgan fingerprint density at radius 3 is 2.46 bits per heavy atom. The van der Waals surface area contributed by atoms with Gasteiger partial charge in [0, 0.05) is 28.5 Å². The molecule has 0 aliphatic heterocycles. The Hall–Kier alpha value is -3.90. The molecule has 5 aromatic rings. The zero-order valence-electron chi connectivity index (χ0n) is 22.9. The number of pyridine rings is 1. The van der Waals surface area contributed by atoms with Crippen LogP contribution in [0.25, 0.3) is 44.3 Å². The van der Waals surface area contributed by atoms with E-state index in [0.29, 0.717) is 11.5 Å². The summed E-state index contributed by atoms with van der Waals surface area (Å²) < 4.78 is 8.88. The van der Waals surface area contributed by atoms with Gasteiger partial charge in [0.05, 0.1) is 17.2 Å². The Labute approximate surface area is 230 Å². The van der Waals surface area contributed by atoms with Crippen molar-refractivity contribution in [3.05, 3.63) is 89.6 Å². The lowest BCUT2D eigenvalue weighted by Crippen LogP contribution is -2.30. The largest absolute Gasteiger partial charge is 0.454 e. The molecular weight excluding hydrogens is 476 g/mol. The van der Waals surface area contributed by atoms with Crippen molar-refractivity contribution in [2.45, 2.75) is 57.8 Å². The summed E-state index contributed by atoms with van der Waals surface area (Å²) in [7, 11) is 2.07. The van der Waals surface area contributed by atoms with Crippen molar-refractivity contribution in [1.82, 2.24) is 0 Å². The highest BCUT2D eigenvalue weighted by Crippen LogP contribution is 2.47.